The molecule has 0 radical (unpaired) electrons. The Morgan fingerprint density at radius 1 is 1.10 bits per heavy atom. The van der Waals surface area contributed by atoms with Gasteiger partial charge in [0.1, 0.15) is 0 Å². The van der Waals surface area contributed by atoms with E-state index in [2.05, 4.69) is 15.0 Å². The number of aromatic nitrogens is 3. The zero-order chi connectivity index (χ0) is 14.8. The third-order valence-electron chi connectivity index (χ3n) is 2.23. The van der Waals surface area contributed by atoms with Crippen LogP contribution in [0.3, 0.4) is 0 Å². The predicted molar refractivity (Wildman–Crippen MR) is 65.1 cm³/mol. The van der Waals surface area contributed by atoms with E-state index in [0.717, 1.165) is 0 Å². The van der Waals surface area contributed by atoms with E-state index in [-0.39, 0.29) is 16.8 Å². The van der Waals surface area contributed by atoms with E-state index in [1.807, 2.05) is 0 Å². The van der Waals surface area contributed by atoms with Gasteiger partial charge in [-0.3, -0.25) is 0 Å². The number of hydrogen-bond donors (Lipinski definition) is 1. The van der Waals surface area contributed by atoms with E-state index in [0.29, 0.717) is 0 Å². The lowest BCUT2D eigenvalue weighted by atomic mass is 10.1. The van der Waals surface area contributed by atoms with Crippen molar-refractivity contribution in [2.24, 2.45) is 0 Å². The standard InChI is InChI=1S/C11H8ClF3N4O/c12-8-17-9(16)19-10(18-8)20-7(11(13,14)15)6-4-2-1-3-5-6/h1-5,7H,(H2,16,17,18,19). The lowest BCUT2D eigenvalue weighted by Crippen LogP contribution is -2.27. The van der Waals surface area contributed by atoms with Crippen LogP contribution in [0.2, 0.25) is 5.28 Å². The van der Waals surface area contributed by atoms with Crippen molar-refractivity contribution < 1.29 is 17.9 Å². The molecule has 0 aliphatic rings. The van der Waals surface area contributed by atoms with Gasteiger partial charge in [-0.25, -0.2) is 0 Å². The average Bonchev–Trinajstić information content (AvgIpc) is 2.34. The van der Waals surface area contributed by atoms with Gasteiger partial charge in [0.15, 0.2) is 0 Å². The van der Waals surface area contributed by atoms with E-state index < -0.39 is 18.3 Å². The number of benzene rings is 1. The number of rotatable bonds is 3. The number of anilines is 1. The van der Waals surface area contributed by atoms with E-state index >= 15 is 0 Å². The molecule has 0 fully saturated rings. The fourth-order valence-corrected chi connectivity index (χ4v) is 1.62. The molecule has 0 aliphatic heterocycles. The first kappa shape index (κ1) is 14.3. The molecule has 0 saturated carbocycles. The molecule has 0 amide bonds. The van der Waals surface area contributed by atoms with Gasteiger partial charge < -0.3 is 10.5 Å². The van der Waals surface area contributed by atoms with Crippen LogP contribution >= 0.6 is 11.6 Å². The molecule has 5 nitrogen and oxygen atoms in total. The highest BCUT2D eigenvalue weighted by Crippen LogP contribution is 2.35. The number of hydrogen-bond acceptors (Lipinski definition) is 5. The number of alkyl halides is 3. The van der Waals surface area contributed by atoms with Gasteiger partial charge in [0.05, 0.1) is 0 Å². The Morgan fingerprint density at radius 3 is 2.30 bits per heavy atom. The summed E-state index contributed by atoms with van der Waals surface area (Å²) in [5, 5.41) is -0.346. The number of nitrogens with zero attached hydrogens (tertiary/aromatic N) is 3. The quantitative estimate of drug-likeness (QED) is 0.944. The molecule has 1 aromatic carbocycles. The molecule has 1 atom stereocenters. The first-order chi connectivity index (χ1) is 9.36. The number of halogens is 4. The van der Waals surface area contributed by atoms with Crippen LogP contribution in [0.15, 0.2) is 30.3 Å². The number of nitrogens with two attached hydrogens (primary N) is 1. The molecular weight excluding hydrogens is 297 g/mol. The van der Waals surface area contributed by atoms with E-state index in [1.54, 1.807) is 6.07 Å². The summed E-state index contributed by atoms with van der Waals surface area (Å²) in [5.74, 6) is -0.325. The molecule has 9 heteroatoms. The van der Waals surface area contributed by atoms with Crippen molar-refractivity contribution >= 4 is 17.5 Å². The van der Waals surface area contributed by atoms with Gasteiger partial charge in [0.25, 0.3) is 0 Å². The zero-order valence-electron chi connectivity index (χ0n) is 9.80. The predicted octanol–water partition coefficient (Wildman–Crippen LogP) is 2.79. The minimum Gasteiger partial charge on any atom is -0.445 e. The average molecular weight is 305 g/mol. The Kier molecular flexibility index (Phi) is 3.93. The van der Waals surface area contributed by atoms with Crippen LogP contribution in [0.1, 0.15) is 11.7 Å². The molecule has 2 rings (SSSR count). The van der Waals surface area contributed by atoms with Crippen molar-refractivity contribution in [1.82, 2.24) is 15.0 Å². The second kappa shape index (κ2) is 5.49. The van der Waals surface area contributed by atoms with E-state index in [4.69, 9.17) is 22.1 Å². The molecule has 1 heterocycles. The van der Waals surface area contributed by atoms with Gasteiger partial charge in [0.2, 0.25) is 17.3 Å². The summed E-state index contributed by atoms with van der Waals surface area (Å²) in [6, 6.07) is 6.50. The molecule has 1 aromatic heterocycles. The Bertz CT molecular complexity index is 574. The minimum absolute atomic E-state index is 0.0879. The first-order valence-corrected chi connectivity index (χ1v) is 5.69. The molecule has 106 valence electrons. The summed E-state index contributed by atoms with van der Waals surface area (Å²) in [6.45, 7) is 0. The molecule has 1 unspecified atom stereocenters. The lowest BCUT2D eigenvalue weighted by Gasteiger charge is -2.20. The zero-order valence-corrected chi connectivity index (χ0v) is 10.6. The number of ether oxygens (including phenoxy) is 1. The molecule has 0 spiro atoms. The Balaban J connectivity index is 2.34. The second-order valence-electron chi connectivity index (χ2n) is 3.70. The molecule has 0 aliphatic carbocycles. The fraction of sp³-hybridized carbons (Fsp3) is 0.182. The normalized spacial score (nSPS) is 13.0. The highest BCUT2D eigenvalue weighted by atomic mass is 35.5. The summed E-state index contributed by atoms with van der Waals surface area (Å²) in [5.41, 5.74) is 5.19. The van der Waals surface area contributed by atoms with Crippen molar-refractivity contribution in [2.75, 3.05) is 5.73 Å². The van der Waals surface area contributed by atoms with Crippen LogP contribution in [0.4, 0.5) is 19.1 Å². The highest BCUT2D eigenvalue weighted by Gasteiger charge is 2.43. The van der Waals surface area contributed by atoms with Crippen molar-refractivity contribution in [2.45, 2.75) is 12.3 Å². The highest BCUT2D eigenvalue weighted by molar-refractivity contribution is 6.28. The third kappa shape index (κ3) is 3.47. The van der Waals surface area contributed by atoms with Crippen LogP contribution in [0.25, 0.3) is 0 Å². The molecule has 2 N–H and O–H groups in total. The summed E-state index contributed by atoms with van der Waals surface area (Å²) in [4.78, 5) is 10.4. The molecule has 20 heavy (non-hydrogen) atoms. The topological polar surface area (TPSA) is 73.9 Å². The van der Waals surface area contributed by atoms with Crippen molar-refractivity contribution in [3.05, 3.63) is 41.2 Å². The van der Waals surface area contributed by atoms with Crippen LogP contribution in [0, 0.1) is 0 Å². The van der Waals surface area contributed by atoms with Gasteiger partial charge in [-0.05, 0) is 11.6 Å². The summed E-state index contributed by atoms with van der Waals surface area (Å²) >= 11 is 5.49. The number of nitrogen functional groups attached to an aromatic ring is 1. The smallest absolute Gasteiger partial charge is 0.429 e. The van der Waals surface area contributed by atoms with Gasteiger partial charge in [-0.2, -0.15) is 28.1 Å². The summed E-state index contributed by atoms with van der Waals surface area (Å²) < 4.78 is 43.9. The molecule has 0 saturated heterocycles. The van der Waals surface area contributed by atoms with Crippen molar-refractivity contribution in [3.8, 4) is 6.01 Å². The monoisotopic (exact) mass is 304 g/mol. The Hall–Kier alpha value is -2.09. The second-order valence-corrected chi connectivity index (χ2v) is 4.03. The first-order valence-electron chi connectivity index (χ1n) is 5.31. The van der Waals surface area contributed by atoms with Crippen molar-refractivity contribution in [1.29, 1.82) is 0 Å². The fourth-order valence-electron chi connectivity index (χ4n) is 1.46. The van der Waals surface area contributed by atoms with Crippen molar-refractivity contribution in [3.63, 3.8) is 0 Å². The van der Waals surface area contributed by atoms with Crippen LogP contribution in [-0.4, -0.2) is 21.1 Å². The third-order valence-corrected chi connectivity index (χ3v) is 2.40. The SMILES string of the molecule is Nc1nc(Cl)nc(OC(c2ccccc2)C(F)(F)F)n1. The van der Waals surface area contributed by atoms with Gasteiger partial charge in [-0.15, -0.1) is 0 Å². The lowest BCUT2D eigenvalue weighted by molar-refractivity contribution is -0.199. The molecular formula is C11H8ClF3N4O. The summed E-state index contributed by atoms with van der Waals surface area (Å²) in [6.07, 6.45) is -6.86. The van der Waals surface area contributed by atoms with Crippen LogP contribution < -0.4 is 10.5 Å². The van der Waals surface area contributed by atoms with E-state index in [9.17, 15) is 13.2 Å². The largest absolute Gasteiger partial charge is 0.445 e. The maximum atomic E-state index is 13.0. The molecule has 2 aromatic rings. The van der Waals surface area contributed by atoms with Gasteiger partial charge >= 0.3 is 12.2 Å². The van der Waals surface area contributed by atoms with Gasteiger partial charge in [-0.1, -0.05) is 30.3 Å². The minimum atomic E-state index is -4.64. The van der Waals surface area contributed by atoms with Crippen LogP contribution in [0.5, 0.6) is 6.01 Å². The molecule has 0 bridgehead atoms. The maximum absolute atomic E-state index is 13.0. The maximum Gasteiger partial charge on any atom is 0.429 e. The summed E-state index contributed by atoms with van der Waals surface area (Å²) in [7, 11) is 0. The Morgan fingerprint density at radius 2 is 1.75 bits per heavy atom. The Labute approximate surface area is 116 Å². The van der Waals surface area contributed by atoms with E-state index in [1.165, 1.54) is 24.3 Å². The van der Waals surface area contributed by atoms with Crippen LogP contribution in [-0.2, 0) is 0 Å². The van der Waals surface area contributed by atoms with Gasteiger partial charge in [0, 0.05) is 5.56 Å².